The van der Waals surface area contributed by atoms with Crippen LogP contribution >= 0.6 is 0 Å². The van der Waals surface area contributed by atoms with Gasteiger partial charge in [-0.2, -0.15) is 0 Å². The molecule has 12 atom stereocenters. The van der Waals surface area contributed by atoms with Crippen molar-refractivity contribution in [2.45, 2.75) is 96.4 Å². The molecule has 4 heteroatoms. The fourth-order valence-corrected chi connectivity index (χ4v) is 8.43. The average Bonchev–Trinajstić information content (AvgIpc) is 3.02. The van der Waals surface area contributed by atoms with Gasteiger partial charge in [-0.1, -0.05) is 26.7 Å². The summed E-state index contributed by atoms with van der Waals surface area (Å²) in [5.74, 6) is 4.47. The smallest absolute Gasteiger partial charge is 0.0576 e. The number of fused-ring (bicyclic) bond motifs is 5. The van der Waals surface area contributed by atoms with Crippen molar-refractivity contribution in [3.63, 3.8) is 0 Å². The lowest BCUT2D eigenvalue weighted by Crippen LogP contribution is -2.52. The Kier molecular flexibility index (Phi) is 6.95. The number of aliphatic hydroxyl groups excluding tert-OH is 4. The highest BCUT2D eigenvalue weighted by Gasteiger charge is 2.57. The molecule has 4 aliphatic carbocycles. The molecule has 0 aliphatic heterocycles. The summed E-state index contributed by atoms with van der Waals surface area (Å²) in [7, 11) is 0. The molecule has 4 fully saturated rings. The first kappa shape index (κ1) is 22.0. The molecule has 4 rings (SSSR count). The van der Waals surface area contributed by atoms with Crippen LogP contribution in [0.3, 0.4) is 0 Å². The van der Waals surface area contributed by atoms with Crippen LogP contribution in [0.2, 0.25) is 0 Å². The number of rotatable bonds is 6. The van der Waals surface area contributed by atoms with E-state index >= 15 is 0 Å². The lowest BCUT2D eigenvalue weighted by Gasteiger charge is -2.54. The van der Waals surface area contributed by atoms with Crippen LogP contribution in [0, 0.1) is 53.3 Å². The van der Waals surface area contributed by atoms with Crippen molar-refractivity contribution in [1.82, 2.24) is 0 Å². The Morgan fingerprint density at radius 2 is 1.48 bits per heavy atom. The monoisotopic (exact) mass is 408 g/mol. The first-order valence-electron chi connectivity index (χ1n) is 12.6. The molecular weight excluding hydrogens is 364 g/mol. The second-order valence-corrected chi connectivity index (χ2v) is 11.4. The van der Waals surface area contributed by atoms with E-state index in [2.05, 4.69) is 13.8 Å². The summed E-state index contributed by atoms with van der Waals surface area (Å²) in [5.41, 5.74) is 0. The van der Waals surface area contributed by atoms with Crippen molar-refractivity contribution in [3.05, 3.63) is 0 Å². The van der Waals surface area contributed by atoms with Gasteiger partial charge >= 0.3 is 0 Å². The van der Waals surface area contributed by atoms with E-state index in [1.165, 1.54) is 12.8 Å². The molecule has 12 unspecified atom stereocenters. The summed E-state index contributed by atoms with van der Waals surface area (Å²) in [4.78, 5) is 0. The summed E-state index contributed by atoms with van der Waals surface area (Å²) in [6.45, 7) is 4.70. The van der Waals surface area contributed by atoms with Gasteiger partial charge in [0.05, 0.1) is 18.3 Å². The van der Waals surface area contributed by atoms with Crippen LogP contribution in [-0.2, 0) is 0 Å². The quantitative estimate of drug-likeness (QED) is 0.541. The highest BCUT2D eigenvalue weighted by molar-refractivity contribution is 5.06. The van der Waals surface area contributed by atoms with Crippen LogP contribution in [0.4, 0.5) is 0 Å². The van der Waals surface area contributed by atoms with Gasteiger partial charge in [0.2, 0.25) is 0 Å². The zero-order valence-electron chi connectivity index (χ0n) is 18.5. The van der Waals surface area contributed by atoms with Gasteiger partial charge in [-0.25, -0.2) is 0 Å². The van der Waals surface area contributed by atoms with Crippen LogP contribution in [-0.4, -0.2) is 45.3 Å². The van der Waals surface area contributed by atoms with Crippen molar-refractivity contribution < 1.29 is 20.4 Å². The fraction of sp³-hybridized carbons (Fsp3) is 1.00. The number of aliphatic hydroxyl groups is 4. The molecule has 0 spiro atoms. The first-order valence-corrected chi connectivity index (χ1v) is 12.6. The third-order valence-corrected chi connectivity index (χ3v) is 9.70. The summed E-state index contributed by atoms with van der Waals surface area (Å²) in [6, 6.07) is 0. The van der Waals surface area contributed by atoms with Crippen LogP contribution in [0.1, 0.15) is 78.1 Å². The molecule has 0 heterocycles. The maximum Gasteiger partial charge on any atom is 0.0576 e. The molecule has 0 bridgehead atoms. The van der Waals surface area contributed by atoms with Gasteiger partial charge in [0.1, 0.15) is 0 Å². The molecule has 168 valence electrons. The minimum Gasteiger partial charge on any atom is -0.396 e. The highest BCUT2D eigenvalue weighted by Crippen LogP contribution is 2.60. The molecular formula is C25H44O4. The maximum atomic E-state index is 11.1. The van der Waals surface area contributed by atoms with Crippen molar-refractivity contribution in [2.24, 2.45) is 53.3 Å². The number of hydrogen-bond donors (Lipinski definition) is 4. The zero-order valence-corrected chi connectivity index (χ0v) is 18.5. The van der Waals surface area contributed by atoms with E-state index in [1.54, 1.807) is 0 Å². The second kappa shape index (κ2) is 9.14. The molecule has 4 N–H and O–H groups in total. The maximum absolute atomic E-state index is 11.1. The molecule has 0 radical (unpaired) electrons. The molecule has 0 aromatic heterocycles. The van der Waals surface area contributed by atoms with E-state index in [1.807, 2.05) is 0 Å². The normalized spacial score (nSPS) is 49.0. The van der Waals surface area contributed by atoms with Gasteiger partial charge in [-0.3, -0.25) is 0 Å². The van der Waals surface area contributed by atoms with E-state index in [0.717, 1.165) is 51.4 Å². The van der Waals surface area contributed by atoms with Crippen molar-refractivity contribution >= 4 is 0 Å². The van der Waals surface area contributed by atoms with E-state index in [4.69, 9.17) is 0 Å². The zero-order chi connectivity index (χ0) is 20.7. The Morgan fingerprint density at radius 1 is 0.759 bits per heavy atom. The molecule has 4 saturated carbocycles. The van der Waals surface area contributed by atoms with Crippen LogP contribution in [0.5, 0.6) is 0 Å². The predicted octanol–water partition coefficient (Wildman–Crippen LogP) is 3.60. The second-order valence-electron chi connectivity index (χ2n) is 11.4. The Bertz CT molecular complexity index is 539. The predicted molar refractivity (Wildman–Crippen MR) is 114 cm³/mol. The van der Waals surface area contributed by atoms with E-state index in [9.17, 15) is 20.4 Å². The lowest BCUT2D eigenvalue weighted by molar-refractivity contribution is -0.115. The molecule has 0 aromatic rings. The SMILES string of the molecule is CC(CO)CCCC(C)C1C(O)CC2C1CCC1C3CCC(O)CC3CC(O)C12. The number of hydrogen-bond acceptors (Lipinski definition) is 4. The van der Waals surface area contributed by atoms with Crippen LogP contribution in [0.25, 0.3) is 0 Å². The molecule has 4 nitrogen and oxygen atoms in total. The first-order chi connectivity index (χ1) is 13.9. The summed E-state index contributed by atoms with van der Waals surface area (Å²) < 4.78 is 0. The Morgan fingerprint density at radius 3 is 2.24 bits per heavy atom. The Hall–Kier alpha value is -0.160. The third-order valence-electron chi connectivity index (χ3n) is 9.70. The van der Waals surface area contributed by atoms with Gasteiger partial charge in [0, 0.05) is 6.61 Å². The van der Waals surface area contributed by atoms with Crippen molar-refractivity contribution in [3.8, 4) is 0 Å². The van der Waals surface area contributed by atoms with E-state index in [0.29, 0.717) is 53.3 Å². The highest BCUT2D eigenvalue weighted by atomic mass is 16.3. The van der Waals surface area contributed by atoms with E-state index < -0.39 is 0 Å². The molecule has 4 aliphatic rings. The van der Waals surface area contributed by atoms with Gasteiger partial charge in [0.25, 0.3) is 0 Å². The molecule has 0 saturated heterocycles. The largest absolute Gasteiger partial charge is 0.396 e. The van der Waals surface area contributed by atoms with Gasteiger partial charge in [-0.15, -0.1) is 0 Å². The van der Waals surface area contributed by atoms with Crippen LogP contribution in [0.15, 0.2) is 0 Å². The van der Waals surface area contributed by atoms with E-state index in [-0.39, 0.29) is 24.9 Å². The standard InChI is InChI=1S/C25H44O4/c1-14(13-26)4-3-5-15(2)24-20-9-8-19-18-7-6-17(27)10-16(18)11-22(28)25(19)21(20)12-23(24)29/h14-29H,3-13H2,1-2H3. The Balaban J connectivity index is 1.42. The van der Waals surface area contributed by atoms with Gasteiger partial charge in [0.15, 0.2) is 0 Å². The van der Waals surface area contributed by atoms with Gasteiger partial charge in [-0.05, 0) is 105 Å². The lowest BCUT2D eigenvalue weighted by atomic mass is 9.52. The summed E-state index contributed by atoms with van der Waals surface area (Å²) in [5, 5.41) is 41.5. The summed E-state index contributed by atoms with van der Waals surface area (Å²) >= 11 is 0. The fourth-order valence-electron chi connectivity index (χ4n) is 8.43. The minimum absolute atomic E-state index is 0.163. The molecule has 29 heavy (non-hydrogen) atoms. The van der Waals surface area contributed by atoms with Gasteiger partial charge < -0.3 is 20.4 Å². The average molecular weight is 409 g/mol. The minimum atomic E-state index is -0.244. The summed E-state index contributed by atoms with van der Waals surface area (Å²) in [6.07, 6.45) is 9.81. The third kappa shape index (κ3) is 4.29. The molecule has 0 aromatic carbocycles. The van der Waals surface area contributed by atoms with Crippen molar-refractivity contribution in [1.29, 1.82) is 0 Å². The topological polar surface area (TPSA) is 80.9 Å². The van der Waals surface area contributed by atoms with Crippen LogP contribution < -0.4 is 0 Å². The molecule has 0 amide bonds. The van der Waals surface area contributed by atoms with Crippen molar-refractivity contribution in [2.75, 3.05) is 6.61 Å². The Labute approximate surface area is 177 Å².